The van der Waals surface area contributed by atoms with Gasteiger partial charge in [-0.1, -0.05) is 57.6 Å². The molecule has 5 nitrogen and oxygen atoms in total. The number of benzene rings is 2. The molecule has 0 saturated carbocycles. The number of hydrogen-bond acceptors (Lipinski definition) is 5. The Morgan fingerprint density at radius 3 is 2.63 bits per heavy atom. The molecule has 0 aliphatic heterocycles. The number of carbonyl (C=O) groups excluding carboxylic acids is 1. The lowest BCUT2D eigenvalue weighted by atomic mass is 10.2. The zero-order valence-electron chi connectivity index (χ0n) is 15.2. The molecule has 0 aliphatic carbocycles. The molecule has 140 valence electrons. The van der Waals surface area contributed by atoms with Crippen molar-refractivity contribution in [3.63, 3.8) is 0 Å². The van der Waals surface area contributed by atoms with Crippen LogP contribution < -0.4 is 9.64 Å². The number of aromatic nitrogens is 2. The maximum absolute atomic E-state index is 12.4. The van der Waals surface area contributed by atoms with Gasteiger partial charge in [0.1, 0.15) is 10.8 Å². The van der Waals surface area contributed by atoms with Crippen molar-refractivity contribution in [3.8, 4) is 16.3 Å². The van der Waals surface area contributed by atoms with Crippen LogP contribution in [0.25, 0.3) is 10.6 Å². The number of carbonyl (C=O) groups is 1. The molecular weight excluding hydrogens is 426 g/mol. The van der Waals surface area contributed by atoms with E-state index in [0.717, 1.165) is 26.4 Å². The minimum Gasteiger partial charge on any atom is -0.493 e. The molecule has 2 aromatic carbocycles. The van der Waals surface area contributed by atoms with Crippen molar-refractivity contribution >= 4 is 38.3 Å². The minimum atomic E-state index is 0.00175. The maximum atomic E-state index is 12.4. The van der Waals surface area contributed by atoms with Crippen molar-refractivity contribution < 1.29 is 9.53 Å². The van der Waals surface area contributed by atoms with Crippen molar-refractivity contribution in [2.45, 2.75) is 19.8 Å². The van der Waals surface area contributed by atoms with E-state index in [0.29, 0.717) is 24.6 Å². The van der Waals surface area contributed by atoms with E-state index in [-0.39, 0.29) is 5.91 Å². The normalized spacial score (nSPS) is 10.6. The largest absolute Gasteiger partial charge is 0.493 e. The van der Waals surface area contributed by atoms with Crippen LogP contribution in [0.2, 0.25) is 0 Å². The summed E-state index contributed by atoms with van der Waals surface area (Å²) in [5, 5.41) is 9.74. The molecule has 0 saturated heterocycles. The van der Waals surface area contributed by atoms with E-state index in [9.17, 15) is 4.79 Å². The first-order valence-corrected chi connectivity index (χ1v) is 10.2. The first kappa shape index (κ1) is 19.5. The lowest BCUT2D eigenvalue weighted by Crippen LogP contribution is -2.26. The number of aryl methyl sites for hydroxylation is 1. The molecule has 1 aromatic heterocycles. The second kappa shape index (κ2) is 9.10. The molecule has 0 unspecified atom stereocenters. The van der Waals surface area contributed by atoms with Gasteiger partial charge in [0.25, 0.3) is 0 Å². The maximum Gasteiger partial charge on any atom is 0.228 e. The van der Waals surface area contributed by atoms with Crippen LogP contribution in [0.5, 0.6) is 5.75 Å². The summed E-state index contributed by atoms with van der Waals surface area (Å²) in [7, 11) is 1.73. The molecule has 0 fully saturated rings. The quantitative estimate of drug-likeness (QED) is 0.474. The number of ether oxygens (including phenoxy) is 1. The van der Waals surface area contributed by atoms with E-state index < -0.39 is 0 Å². The average molecular weight is 446 g/mol. The van der Waals surface area contributed by atoms with Gasteiger partial charge in [0, 0.05) is 23.5 Å². The van der Waals surface area contributed by atoms with Gasteiger partial charge in [0.05, 0.1) is 6.61 Å². The van der Waals surface area contributed by atoms with Crippen LogP contribution in [0.1, 0.15) is 18.4 Å². The summed E-state index contributed by atoms with van der Waals surface area (Å²) < 4.78 is 6.75. The molecule has 3 rings (SSSR count). The molecule has 1 heterocycles. The highest BCUT2D eigenvalue weighted by molar-refractivity contribution is 9.10. The molecule has 3 aromatic rings. The summed E-state index contributed by atoms with van der Waals surface area (Å²) in [6.07, 6.45) is 1.05. The molecule has 0 aliphatic rings. The molecule has 1 amide bonds. The number of nitrogens with zero attached hydrogens (tertiary/aromatic N) is 3. The van der Waals surface area contributed by atoms with Crippen LogP contribution in [0.15, 0.2) is 53.0 Å². The monoisotopic (exact) mass is 445 g/mol. The van der Waals surface area contributed by atoms with Crippen molar-refractivity contribution in [1.82, 2.24) is 10.2 Å². The topological polar surface area (TPSA) is 55.3 Å². The van der Waals surface area contributed by atoms with E-state index >= 15 is 0 Å². The zero-order valence-corrected chi connectivity index (χ0v) is 17.6. The summed E-state index contributed by atoms with van der Waals surface area (Å²) in [4.78, 5) is 14.0. The molecule has 0 bridgehead atoms. The van der Waals surface area contributed by atoms with Crippen LogP contribution in [0.3, 0.4) is 0 Å². The van der Waals surface area contributed by atoms with Crippen molar-refractivity contribution in [2.24, 2.45) is 0 Å². The van der Waals surface area contributed by atoms with Crippen molar-refractivity contribution in [2.75, 3.05) is 18.6 Å². The van der Waals surface area contributed by atoms with Crippen LogP contribution >= 0.6 is 27.3 Å². The minimum absolute atomic E-state index is 0.00175. The van der Waals surface area contributed by atoms with Gasteiger partial charge in [-0.05, 0) is 37.1 Å². The third kappa shape index (κ3) is 5.14. The Morgan fingerprint density at radius 1 is 1.15 bits per heavy atom. The Hall–Kier alpha value is -2.25. The van der Waals surface area contributed by atoms with Crippen molar-refractivity contribution in [1.29, 1.82) is 0 Å². The summed E-state index contributed by atoms with van der Waals surface area (Å²) in [5.74, 6) is 0.864. The van der Waals surface area contributed by atoms with Gasteiger partial charge in [0.2, 0.25) is 11.0 Å². The van der Waals surface area contributed by atoms with Gasteiger partial charge in [0.15, 0.2) is 0 Å². The molecule has 7 heteroatoms. The van der Waals surface area contributed by atoms with E-state index in [1.54, 1.807) is 11.9 Å². The van der Waals surface area contributed by atoms with E-state index in [2.05, 4.69) is 26.1 Å². The molecule has 0 radical (unpaired) electrons. The average Bonchev–Trinajstić information content (AvgIpc) is 3.16. The molecule has 0 atom stereocenters. The Labute approximate surface area is 171 Å². The van der Waals surface area contributed by atoms with Gasteiger partial charge in [-0.3, -0.25) is 9.69 Å². The summed E-state index contributed by atoms with van der Waals surface area (Å²) in [6, 6.07) is 15.7. The number of halogens is 1. The number of amides is 1. The summed E-state index contributed by atoms with van der Waals surface area (Å²) in [5.41, 5.74) is 2.07. The summed E-state index contributed by atoms with van der Waals surface area (Å²) in [6.45, 7) is 2.51. The van der Waals surface area contributed by atoms with Gasteiger partial charge in [-0.2, -0.15) is 0 Å². The summed E-state index contributed by atoms with van der Waals surface area (Å²) >= 11 is 4.82. The predicted octanol–water partition coefficient (Wildman–Crippen LogP) is 5.10. The lowest BCUT2D eigenvalue weighted by molar-refractivity contribution is -0.118. The van der Waals surface area contributed by atoms with E-state index in [4.69, 9.17) is 4.74 Å². The number of anilines is 1. The first-order valence-electron chi connectivity index (χ1n) is 8.59. The second-order valence-electron chi connectivity index (χ2n) is 6.07. The van der Waals surface area contributed by atoms with Gasteiger partial charge >= 0.3 is 0 Å². The Morgan fingerprint density at radius 2 is 1.89 bits per heavy atom. The lowest BCUT2D eigenvalue weighted by Gasteiger charge is -2.13. The predicted molar refractivity (Wildman–Crippen MR) is 112 cm³/mol. The van der Waals surface area contributed by atoms with Crippen LogP contribution in [0.4, 0.5) is 5.13 Å². The van der Waals surface area contributed by atoms with E-state index in [1.165, 1.54) is 11.3 Å². The highest BCUT2D eigenvalue weighted by atomic mass is 79.9. The highest BCUT2D eigenvalue weighted by Crippen LogP contribution is 2.29. The number of rotatable bonds is 7. The molecular formula is C20H20BrN3O2S. The number of hydrogen-bond donors (Lipinski definition) is 0. The Balaban J connectivity index is 1.51. The highest BCUT2D eigenvalue weighted by Gasteiger charge is 2.16. The fourth-order valence-electron chi connectivity index (χ4n) is 2.46. The smallest absolute Gasteiger partial charge is 0.228 e. The zero-order chi connectivity index (χ0) is 19.2. The van der Waals surface area contributed by atoms with Crippen LogP contribution in [-0.2, 0) is 4.79 Å². The Bertz CT molecular complexity index is 912. The molecule has 0 spiro atoms. The SMILES string of the molecule is Cc1ccccc1OCCCC(=O)N(C)c1nnc(-c2ccc(Br)cc2)s1. The van der Waals surface area contributed by atoms with Crippen molar-refractivity contribution in [3.05, 3.63) is 58.6 Å². The molecule has 0 N–H and O–H groups in total. The third-order valence-corrected chi connectivity index (χ3v) is 5.63. The fraction of sp³-hybridized carbons (Fsp3) is 0.250. The first-order chi connectivity index (χ1) is 13.0. The van der Waals surface area contributed by atoms with Crippen LogP contribution in [-0.4, -0.2) is 29.8 Å². The van der Waals surface area contributed by atoms with E-state index in [1.807, 2.05) is 55.5 Å². The number of para-hydroxylation sites is 1. The fourth-order valence-corrected chi connectivity index (χ4v) is 3.55. The van der Waals surface area contributed by atoms with Gasteiger partial charge in [-0.25, -0.2) is 0 Å². The Kier molecular flexibility index (Phi) is 6.58. The van der Waals surface area contributed by atoms with Gasteiger partial charge in [-0.15, -0.1) is 10.2 Å². The second-order valence-corrected chi connectivity index (χ2v) is 7.94. The van der Waals surface area contributed by atoms with Crippen LogP contribution in [0, 0.1) is 6.92 Å². The third-order valence-electron chi connectivity index (χ3n) is 4.05. The standard InChI is InChI=1S/C20H20BrN3O2S/c1-14-6-3-4-7-17(14)26-13-5-8-18(25)24(2)20-23-22-19(27-20)15-9-11-16(21)12-10-15/h3-4,6-7,9-12H,5,8,13H2,1-2H3. The molecule has 27 heavy (non-hydrogen) atoms. The van der Waals surface area contributed by atoms with Gasteiger partial charge < -0.3 is 4.74 Å².